The zero-order valence-electron chi connectivity index (χ0n) is 23.9. The summed E-state index contributed by atoms with van der Waals surface area (Å²) in [6, 6.07) is 21.0. The fourth-order valence-electron chi connectivity index (χ4n) is 7.00. The van der Waals surface area contributed by atoms with Crippen LogP contribution in [0.3, 0.4) is 0 Å². The Morgan fingerprint density at radius 3 is 2.44 bits per heavy atom. The Kier molecular flexibility index (Phi) is 6.80. The summed E-state index contributed by atoms with van der Waals surface area (Å²) in [5, 5.41) is 2.36. The lowest BCUT2D eigenvalue weighted by molar-refractivity contribution is 0.186. The van der Waals surface area contributed by atoms with Crippen molar-refractivity contribution in [3.8, 4) is 0 Å². The number of rotatable bonds is 4. The number of hydrogen-bond acceptors (Lipinski definition) is 7. The van der Waals surface area contributed by atoms with Gasteiger partial charge in [-0.1, -0.05) is 48.2 Å². The van der Waals surface area contributed by atoms with E-state index in [1.807, 2.05) is 29.8 Å². The minimum atomic E-state index is 0.00264. The lowest BCUT2D eigenvalue weighted by Crippen LogP contribution is -2.45. The highest BCUT2D eigenvalue weighted by Crippen LogP contribution is 2.51. The van der Waals surface area contributed by atoms with Crippen molar-refractivity contribution in [1.29, 1.82) is 0 Å². The summed E-state index contributed by atoms with van der Waals surface area (Å²) in [5.74, 6) is 0.978. The molecule has 2 aromatic carbocycles. The Morgan fingerprint density at radius 2 is 1.63 bits per heavy atom. The number of piperazine rings is 1. The third-order valence-corrected chi connectivity index (χ3v) is 10.8. The Bertz CT molecular complexity index is 1650. The highest BCUT2D eigenvalue weighted by Gasteiger charge is 2.47. The predicted octanol–water partition coefficient (Wildman–Crippen LogP) is 4.68. The highest BCUT2D eigenvalue weighted by atomic mass is 32.2. The predicted molar refractivity (Wildman–Crippen MR) is 168 cm³/mol. The molecule has 3 aliphatic rings. The second-order valence-electron chi connectivity index (χ2n) is 12.0. The van der Waals surface area contributed by atoms with Crippen molar-refractivity contribution < 1.29 is 0 Å². The standard InChI is InChI=1S/C33H38N6OS/c1-36-16-18-38(19-17-36)24-20-26-27(35-22-24)21-33(31(26)34)12-14-39(15-13-33)30-11-10-29(32(40)37(30)2)41-28-9-5-7-23-6-3-4-8-25(23)28/h3-11,20,22,31H,12-19,21,34H2,1-2H3/t31-/m1/s1. The van der Waals surface area contributed by atoms with Crippen molar-refractivity contribution in [2.24, 2.45) is 18.2 Å². The first-order chi connectivity index (χ1) is 19.9. The summed E-state index contributed by atoms with van der Waals surface area (Å²) >= 11 is 1.55. The van der Waals surface area contributed by atoms with Crippen molar-refractivity contribution >= 4 is 34.0 Å². The van der Waals surface area contributed by atoms with Crippen LogP contribution in [0, 0.1) is 5.41 Å². The lowest BCUT2D eigenvalue weighted by atomic mass is 9.73. The van der Waals surface area contributed by atoms with Crippen molar-refractivity contribution in [3.05, 3.63) is 88.5 Å². The van der Waals surface area contributed by atoms with Gasteiger partial charge < -0.3 is 20.4 Å². The Labute approximate surface area is 246 Å². The van der Waals surface area contributed by atoms with Gasteiger partial charge in [0.25, 0.3) is 5.56 Å². The van der Waals surface area contributed by atoms with Gasteiger partial charge in [-0.15, -0.1) is 0 Å². The van der Waals surface area contributed by atoms with Crippen LogP contribution in [0.4, 0.5) is 11.5 Å². The maximum atomic E-state index is 13.5. The number of piperidine rings is 1. The normalized spacial score (nSPS) is 20.6. The van der Waals surface area contributed by atoms with Gasteiger partial charge in [0.1, 0.15) is 5.82 Å². The molecule has 0 unspecified atom stereocenters. The van der Waals surface area contributed by atoms with Crippen LogP contribution in [0.15, 0.2) is 81.4 Å². The monoisotopic (exact) mass is 566 g/mol. The largest absolute Gasteiger partial charge is 0.368 e. The number of nitrogens with zero attached hydrogens (tertiary/aromatic N) is 5. The zero-order valence-corrected chi connectivity index (χ0v) is 24.7. The molecule has 4 aromatic rings. The molecule has 0 saturated carbocycles. The molecule has 8 heteroatoms. The van der Waals surface area contributed by atoms with E-state index in [2.05, 4.69) is 70.4 Å². The molecule has 1 atom stereocenters. The molecule has 1 spiro atoms. The second-order valence-corrected chi connectivity index (χ2v) is 13.1. The molecule has 41 heavy (non-hydrogen) atoms. The second kappa shape index (κ2) is 10.5. The first-order valence-electron chi connectivity index (χ1n) is 14.7. The third kappa shape index (κ3) is 4.72. The summed E-state index contributed by atoms with van der Waals surface area (Å²) in [5.41, 5.74) is 10.7. The molecule has 2 N–H and O–H groups in total. The smallest absolute Gasteiger partial charge is 0.265 e. The molecule has 2 fully saturated rings. The van der Waals surface area contributed by atoms with Gasteiger partial charge in [0.15, 0.2) is 0 Å². The molecule has 0 radical (unpaired) electrons. The van der Waals surface area contributed by atoms with Gasteiger partial charge in [-0.25, -0.2) is 0 Å². The number of aromatic nitrogens is 2. The van der Waals surface area contributed by atoms with Crippen molar-refractivity contribution in [1.82, 2.24) is 14.5 Å². The van der Waals surface area contributed by atoms with Crippen LogP contribution in [-0.4, -0.2) is 60.8 Å². The first-order valence-corrected chi connectivity index (χ1v) is 15.5. The Morgan fingerprint density at radius 1 is 0.878 bits per heavy atom. The van der Waals surface area contributed by atoms with E-state index in [1.165, 1.54) is 27.7 Å². The van der Waals surface area contributed by atoms with Crippen LogP contribution < -0.4 is 21.1 Å². The molecular formula is C33H38N6OS. The quantitative estimate of drug-likeness (QED) is 0.385. The number of pyridine rings is 2. The number of likely N-dealkylation sites (N-methyl/N-ethyl adjacent to an activating group) is 1. The molecule has 7 rings (SSSR count). The molecule has 1 aliphatic carbocycles. The summed E-state index contributed by atoms with van der Waals surface area (Å²) < 4.78 is 1.82. The molecule has 7 nitrogen and oxygen atoms in total. The van der Waals surface area contributed by atoms with Crippen LogP contribution >= 0.6 is 11.8 Å². The average molecular weight is 567 g/mol. The van der Waals surface area contributed by atoms with Crippen LogP contribution in [-0.2, 0) is 13.5 Å². The zero-order chi connectivity index (χ0) is 28.1. The number of nitrogens with two attached hydrogens (primary N) is 1. The number of benzene rings is 2. The SMILES string of the molecule is CN1CCN(c2cnc3c(c2)[C@@H](N)C2(CCN(c4ccc(Sc5cccc6ccccc56)c(=O)n4C)CC2)C3)CC1. The summed E-state index contributed by atoms with van der Waals surface area (Å²) in [6.45, 7) is 5.99. The van der Waals surface area contributed by atoms with E-state index in [4.69, 9.17) is 10.7 Å². The van der Waals surface area contributed by atoms with Crippen LogP contribution in [0.2, 0.25) is 0 Å². The fraction of sp³-hybridized carbons (Fsp3) is 0.394. The molecule has 212 valence electrons. The van der Waals surface area contributed by atoms with Crippen molar-refractivity contribution in [2.75, 3.05) is 56.1 Å². The molecule has 2 aromatic heterocycles. The Balaban J connectivity index is 1.06. The van der Waals surface area contributed by atoms with Gasteiger partial charge >= 0.3 is 0 Å². The molecular weight excluding hydrogens is 528 g/mol. The van der Waals surface area contributed by atoms with Gasteiger partial charge in [0, 0.05) is 62.9 Å². The lowest BCUT2D eigenvalue weighted by Gasteiger charge is -2.43. The van der Waals surface area contributed by atoms with E-state index in [1.54, 1.807) is 11.8 Å². The fourth-order valence-corrected chi connectivity index (χ4v) is 8.04. The highest BCUT2D eigenvalue weighted by molar-refractivity contribution is 7.99. The van der Waals surface area contributed by atoms with Crippen LogP contribution in [0.5, 0.6) is 0 Å². The van der Waals surface area contributed by atoms with Crippen molar-refractivity contribution in [2.45, 2.75) is 35.1 Å². The van der Waals surface area contributed by atoms with E-state index in [9.17, 15) is 4.79 Å². The van der Waals surface area contributed by atoms with Gasteiger partial charge in [-0.2, -0.15) is 0 Å². The van der Waals surface area contributed by atoms with Crippen LogP contribution in [0.25, 0.3) is 10.8 Å². The third-order valence-electron chi connectivity index (χ3n) is 9.67. The maximum absolute atomic E-state index is 13.5. The van der Waals surface area contributed by atoms with E-state index < -0.39 is 0 Å². The van der Waals surface area contributed by atoms with Crippen molar-refractivity contribution in [3.63, 3.8) is 0 Å². The number of anilines is 2. The average Bonchev–Trinajstić information content (AvgIpc) is 3.26. The molecule has 2 aliphatic heterocycles. The minimum Gasteiger partial charge on any atom is -0.368 e. The summed E-state index contributed by atoms with van der Waals surface area (Å²) in [7, 11) is 4.08. The van der Waals surface area contributed by atoms with Crippen LogP contribution in [0.1, 0.15) is 30.1 Å². The van der Waals surface area contributed by atoms with Gasteiger partial charge in [-0.05, 0) is 72.3 Å². The van der Waals surface area contributed by atoms with Gasteiger partial charge in [0.05, 0.1) is 16.8 Å². The van der Waals surface area contributed by atoms with Gasteiger partial charge in [-0.3, -0.25) is 14.3 Å². The Hall–Kier alpha value is -3.33. The topological polar surface area (TPSA) is 70.6 Å². The maximum Gasteiger partial charge on any atom is 0.265 e. The number of fused-ring (bicyclic) bond motifs is 2. The summed E-state index contributed by atoms with van der Waals surface area (Å²) in [4.78, 5) is 27.4. The minimum absolute atomic E-state index is 0.00264. The van der Waals surface area contributed by atoms with E-state index in [-0.39, 0.29) is 17.0 Å². The first kappa shape index (κ1) is 26.6. The van der Waals surface area contributed by atoms with Gasteiger partial charge in [0.2, 0.25) is 0 Å². The molecule has 4 heterocycles. The van der Waals surface area contributed by atoms with E-state index >= 15 is 0 Å². The van der Waals surface area contributed by atoms with E-state index in [0.29, 0.717) is 0 Å². The summed E-state index contributed by atoms with van der Waals surface area (Å²) in [6.07, 6.45) is 4.99. The molecule has 0 bridgehead atoms. The molecule has 2 saturated heterocycles. The van der Waals surface area contributed by atoms with E-state index in [0.717, 1.165) is 74.1 Å². The molecule has 0 amide bonds. The number of hydrogen-bond donors (Lipinski definition) is 1.